The molecule has 1 fully saturated rings. The highest BCUT2D eigenvalue weighted by atomic mass is 32.2. The molecule has 2 rings (SSSR count). The van der Waals surface area contributed by atoms with Crippen molar-refractivity contribution in [1.82, 2.24) is 4.90 Å². The fourth-order valence-electron chi connectivity index (χ4n) is 2.32. The fourth-order valence-corrected chi connectivity index (χ4v) is 3.11. The van der Waals surface area contributed by atoms with Crippen LogP contribution in [-0.4, -0.2) is 38.1 Å². The molecule has 0 aromatic heterocycles. The molecule has 0 heterocycles. The number of sulfone groups is 1. The Morgan fingerprint density at radius 3 is 2.27 bits per heavy atom. The fraction of sp³-hybridized carbons (Fsp3) is 0.533. The zero-order chi connectivity index (χ0) is 16.5. The largest absolute Gasteiger partial charge is 0.339 e. The van der Waals surface area contributed by atoms with Crippen molar-refractivity contribution in [2.24, 2.45) is 5.92 Å². The number of amides is 1. The molecule has 1 aromatic carbocycles. The Morgan fingerprint density at radius 2 is 1.82 bits per heavy atom. The topological polar surface area (TPSA) is 54.5 Å². The number of alkyl halides is 2. The van der Waals surface area contributed by atoms with Gasteiger partial charge in [0.15, 0.2) is 0 Å². The van der Waals surface area contributed by atoms with Crippen molar-refractivity contribution in [3.63, 3.8) is 0 Å². The van der Waals surface area contributed by atoms with Crippen LogP contribution in [0.25, 0.3) is 0 Å². The Labute approximate surface area is 129 Å². The molecule has 0 radical (unpaired) electrons. The SMILES string of the molecule is CC(C1CC1)N(C)C(=O)c1ccc(CS(=O)(=O)C(F)F)cc1. The second-order valence-corrected chi connectivity index (χ2v) is 7.73. The van der Waals surface area contributed by atoms with E-state index in [-0.39, 0.29) is 17.5 Å². The molecule has 22 heavy (non-hydrogen) atoms. The van der Waals surface area contributed by atoms with Gasteiger partial charge in [-0.1, -0.05) is 12.1 Å². The number of carbonyl (C=O) groups is 1. The second-order valence-electron chi connectivity index (χ2n) is 5.76. The number of rotatable bonds is 6. The van der Waals surface area contributed by atoms with Gasteiger partial charge >= 0.3 is 5.76 Å². The molecule has 1 atom stereocenters. The maximum Gasteiger partial charge on any atom is 0.337 e. The van der Waals surface area contributed by atoms with E-state index in [0.717, 1.165) is 12.8 Å². The molecule has 1 aromatic rings. The van der Waals surface area contributed by atoms with Crippen LogP contribution < -0.4 is 0 Å². The summed E-state index contributed by atoms with van der Waals surface area (Å²) in [5.41, 5.74) is 0.669. The lowest BCUT2D eigenvalue weighted by molar-refractivity contribution is 0.0727. The van der Waals surface area contributed by atoms with Gasteiger partial charge in [0, 0.05) is 18.7 Å². The number of hydrogen-bond acceptors (Lipinski definition) is 3. The lowest BCUT2D eigenvalue weighted by atomic mass is 10.1. The molecule has 0 N–H and O–H groups in total. The molecule has 1 unspecified atom stereocenters. The standard InChI is InChI=1S/C15H19F2NO3S/c1-10(12-7-8-12)18(2)14(19)13-5-3-11(4-6-13)9-22(20,21)15(16)17/h3-6,10,12,15H,7-9H2,1-2H3. The summed E-state index contributed by atoms with van der Waals surface area (Å²) in [7, 11) is -2.71. The first-order valence-electron chi connectivity index (χ1n) is 7.08. The third-order valence-corrected chi connectivity index (χ3v) is 5.35. The summed E-state index contributed by atoms with van der Waals surface area (Å²) in [6.45, 7) is 2.00. The lowest BCUT2D eigenvalue weighted by Gasteiger charge is -2.25. The van der Waals surface area contributed by atoms with Crippen molar-refractivity contribution in [2.45, 2.75) is 37.3 Å². The molecule has 0 bridgehead atoms. The van der Waals surface area contributed by atoms with Crippen LogP contribution in [0.4, 0.5) is 8.78 Å². The molecule has 7 heteroatoms. The second kappa shape index (κ2) is 6.32. The monoisotopic (exact) mass is 331 g/mol. The van der Waals surface area contributed by atoms with E-state index in [0.29, 0.717) is 11.5 Å². The number of benzene rings is 1. The van der Waals surface area contributed by atoms with Gasteiger partial charge < -0.3 is 4.90 Å². The number of halogens is 2. The van der Waals surface area contributed by atoms with E-state index >= 15 is 0 Å². The van der Waals surface area contributed by atoms with E-state index in [4.69, 9.17) is 0 Å². The van der Waals surface area contributed by atoms with E-state index in [1.54, 1.807) is 11.9 Å². The highest BCUT2D eigenvalue weighted by Gasteiger charge is 2.32. The summed E-state index contributed by atoms with van der Waals surface area (Å²) in [5, 5.41) is 0. The quantitative estimate of drug-likeness (QED) is 0.805. The smallest absolute Gasteiger partial charge is 0.337 e. The maximum absolute atomic E-state index is 12.3. The normalized spacial score (nSPS) is 16.6. The van der Waals surface area contributed by atoms with E-state index in [9.17, 15) is 22.0 Å². The van der Waals surface area contributed by atoms with Crippen molar-refractivity contribution in [3.05, 3.63) is 35.4 Å². The number of nitrogens with zero attached hydrogens (tertiary/aromatic N) is 1. The minimum atomic E-state index is -4.45. The van der Waals surface area contributed by atoms with Crippen LogP contribution in [0.15, 0.2) is 24.3 Å². The molecule has 0 spiro atoms. The first kappa shape index (κ1) is 16.9. The summed E-state index contributed by atoms with van der Waals surface area (Å²) in [6.07, 6.45) is 2.26. The minimum Gasteiger partial charge on any atom is -0.339 e. The van der Waals surface area contributed by atoms with Crippen molar-refractivity contribution in [2.75, 3.05) is 7.05 Å². The van der Waals surface area contributed by atoms with Crippen LogP contribution in [-0.2, 0) is 15.6 Å². The van der Waals surface area contributed by atoms with E-state index < -0.39 is 21.3 Å². The number of hydrogen-bond donors (Lipinski definition) is 0. The van der Waals surface area contributed by atoms with Gasteiger partial charge in [0.25, 0.3) is 5.91 Å². The highest BCUT2D eigenvalue weighted by molar-refractivity contribution is 7.90. The molecule has 4 nitrogen and oxygen atoms in total. The molecule has 1 amide bonds. The van der Waals surface area contributed by atoms with Crippen molar-refractivity contribution in [3.8, 4) is 0 Å². The van der Waals surface area contributed by atoms with Crippen LogP contribution in [0.5, 0.6) is 0 Å². The van der Waals surface area contributed by atoms with Gasteiger partial charge in [0.05, 0.1) is 5.75 Å². The van der Waals surface area contributed by atoms with Gasteiger partial charge in [-0.05, 0) is 43.4 Å². The summed E-state index contributed by atoms with van der Waals surface area (Å²) in [6, 6.07) is 5.93. The van der Waals surface area contributed by atoms with Gasteiger partial charge in [-0.3, -0.25) is 4.79 Å². The van der Waals surface area contributed by atoms with Gasteiger partial charge in [-0.15, -0.1) is 0 Å². The molecule has 0 aliphatic heterocycles. The zero-order valence-corrected chi connectivity index (χ0v) is 13.3. The Kier molecular flexibility index (Phi) is 4.84. The molecular formula is C15H19F2NO3S. The van der Waals surface area contributed by atoms with E-state index in [1.807, 2.05) is 6.92 Å². The lowest BCUT2D eigenvalue weighted by Crippen LogP contribution is -2.36. The predicted octanol–water partition coefficient (Wildman–Crippen LogP) is 2.69. The molecule has 1 saturated carbocycles. The Morgan fingerprint density at radius 1 is 1.27 bits per heavy atom. The van der Waals surface area contributed by atoms with Crippen LogP contribution >= 0.6 is 0 Å². The van der Waals surface area contributed by atoms with E-state index in [2.05, 4.69) is 0 Å². The average molecular weight is 331 g/mol. The minimum absolute atomic E-state index is 0.150. The van der Waals surface area contributed by atoms with Crippen LogP contribution in [0, 0.1) is 5.92 Å². The van der Waals surface area contributed by atoms with Crippen molar-refractivity contribution >= 4 is 15.7 Å². The molecule has 0 saturated heterocycles. The third-order valence-electron chi connectivity index (χ3n) is 4.08. The molecule has 122 valence electrons. The summed E-state index contributed by atoms with van der Waals surface area (Å²) in [4.78, 5) is 14.0. The van der Waals surface area contributed by atoms with Crippen LogP contribution in [0.1, 0.15) is 35.7 Å². The molecule has 1 aliphatic rings. The van der Waals surface area contributed by atoms with Crippen LogP contribution in [0.3, 0.4) is 0 Å². The Hall–Kier alpha value is -1.50. The van der Waals surface area contributed by atoms with Crippen molar-refractivity contribution in [1.29, 1.82) is 0 Å². The zero-order valence-electron chi connectivity index (χ0n) is 12.5. The molecule has 1 aliphatic carbocycles. The predicted molar refractivity (Wildman–Crippen MR) is 79.3 cm³/mol. The number of carbonyl (C=O) groups excluding carboxylic acids is 1. The van der Waals surface area contributed by atoms with Gasteiger partial charge in [0.2, 0.25) is 9.84 Å². The van der Waals surface area contributed by atoms with E-state index in [1.165, 1.54) is 24.3 Å². The first-order chi connectivity index (χ1) is 10.2. The maximum atomic E-state index is 12.3. The summed E-state index contributed by atoms with van der Waals surface area (Å²) < 4.78 is 47.0. The Bertz CT molecular complexity index is 639. The highest BCUT2D eigenvalue weighted by Crippen LogP contribution is 2.35. The Balaban J connectivity index is 2.06. The molecular weight excluding hydrogens is 312 g/mol. The summed E-state index contributed by atoms with van der Waals surface area (Å²) >= 11 is 0. The van der Waals surface area contributed by atoms with Gasteiger partial charge in [-0.25, -0.2) is 8.42 Å². The van der Waals surface area contributed by atoms with Gasteiger partial charge in [0.1, 0.15) is 0 Å². The third kappa shape index (κ3) is 3.82. The first-order valence-corrected chi connectivity index (χ1v) is 8.79. The van der Waals surface area contributed by atoms with Crippen LogP contribution in [0.2, 0.25) is 0 Å². The van der Waals surface area contributed by atoms with Crippen molar-refractivity contribution < 1.29 is 22.0 Å². The summed E-state index contributed by atoms with van der Waals surface area (Å²) in [5.74, 6) is -3.72. The van der Waals surface area contributed by atoms with Gasteiger partial charge in [-0.2, -0.15) is 8.78 Å². The average Bonchev–Trinajstić information content (AvgIpc) is 3.30.